The van der Waals surface area contributed by atoms with Crippen LogP contribution in [0.25, 0.3) is 10.9 Å². The first-order chi connectivity index (χ1) is 14.2. The fourth-order valence-electron chi connectivity index (χ4n) is 4.23. The molecule has 30 heavy (non-hydrogen) atoms. The predicted molar refractivity (Wildman–Crippen MR) is 119 cm³/mol. The number of fused-ring (bicyclic) bond motifs is 1. The highest BCUT2D eigenvalue weighted by Gasteiger charge is 2.46. The molecule has 1 amide bonds. The Bertz CT molecular complexity index is 1220. The number of aromatic amines is 1. The minimum absolute atomic E-state index is 0.168. The van der Waals surface area contributed by atoms with Crippen molar-refractivity contribution in [2.75, 3.05) is 4.90 Å². The molecule has 4 rings (SSSR count). The third-order valence-electron chi connectivity index (χ3n) is 5.98. The number of Topliss-reactive ketones (excluding diaryl/α,β-unsaturated/α-hetero) is 1. The van der Waals surface area contributed by atoms with E-state index in [1.807, 2.05) is 63.2 Å². The van der Waals surface area contributed by atoms with Gasteiger partial charge in [-0.1, -0.05) is 38.1 Å². The van der Waals surface area contributed by atoms with E-state index in [1.165, 1.54) is 0 Å². The van der Waals surface area contributed by atoms with Gasteiger partial charge in [-0.05, 0) is 50.1 Å². The summed E-state index contributed by atoms with van der Waals surface area (Å²) in [5.41, 5.74) is 5.62. The number of aryl methyl sites for hydroxylation is 3. The van der Waals surface area contributed by atoms with Crippen molar-refractivity contribution in [2.24, 2.45) is 5.92 Å². The molecule has 3 aromatic rings. The molecule has 0 radical (unpaired) electrons. The molecule has 0 aliphatic carbocycles. The van der Waals surface area contributed by atoms with Crippen LogP contribution in [0.5, 0.6) is 0 Å². The number of ketones is 1. The Morgan fingerprint density at radius 2 is 1.77 bits per heavy atom. The highest BCUT2D eigenvalue weighted by Crippen LogP contribution is 2.45. The topological polar surface area (TPSA) is 73.4 Å². The number of anilines is 1. The van der Waals surface area contributed by atoms with Gasteiger partial charge in [0.05, 0.1) is 11.6 Å². The zero-order chi connectivity index (χ0) is 21.7. The standard InChI is InChI=1S/C25H26N2O3/c1-13(2)23(28)21-22(20-16(5)26-19-9-7-6-8-18(19)20)27(25(30)24(21)29)17-11-10-14(3)15(4)12-17/h6-13,22,26,29H,1-5H3. The van der Waals surface area contributed by atoms with E-state index < -0.39 is 17.7 Å². The zero-order valence-electron chi connectivity index (χ0n) is 17.9. The van der Waals surface area contributed by atoms with Crippen LogP contribution in [0.3, 0.4) is 0 Å². The summed E-state index contributed by atoms with van der Waals surface area (Å²) in [6.45, 7) is 9.50. The van der Waals surface area contributed by atoms with Crippen molar-refractivity contribution < 1.29 is 14.7 Å². The highest BCUT2D eigenvalue weighted by atomic mass is 16.3. The SMILES string of the molecule is Cc1ccc(N2C(=O)C(O)=C(C(=O)C(C)C)C2c2c(C)[nH]c3ccccc23)cc1C. The molecule has 5 nitrogen and oxygen atoms in total. The molecule has 154 valence electrons. The quantitative estimate of drug-likeness (QED) is 0.628. The van der Waals surface area contributed by atoms with Crippen LogP contribution in [0, 0.1) is 26.7 Å². The maximum atomic E-state index is 13.2. The fourth-order valence-corrected chi connectivity index (χ4v) is 4.23. The minimum Gasteiger partial charge on any atom is -0.503 e. The number of para-hydroxylation sites is 1. The van der Waals surface area contributed by atoms with Gasteiger partial charge in [0.1, 0.15) is 0 Å². The van der Waals surface area contributed by atoms with E-state index >= 15 is 0 Å². The van der Waals surface area contributed by atoms with Gasteiger partial charge in [-0.2, -0.15) is 0 Å². The summed E-state index contributed by atoms with van der Waals surface area (Å²) in [7, 11) is 0. The lowest BCUT2D eigenvalue weighted by Crippen LogP contribution is -2.31. The first kappa shape index (κ1) is 20.0. The molecule has 5 heteroatoms. The van der Waals surface area contributed by atoms with Crippen LogP contribution in [0.2, 0.25) is 0 Å². The Balaban J connectivity index is 2.01. The molecular weight excluding hydrogens is 376 g/mol. The second-order valence-corrected chi connectivity index (χ2v) is 8.34. The van der Waals surface area contributed by atoms with E-state index in [2.05, 4.69) is 4.98 Å². The number of benzene rings is 2. The molecule has 0 spiro atoms. The Morgan fingerprint density at radius 3 is 2.43 bits per heavy atom. The van der Waals surface area contributed by atoms with Gasteiger partial charge in [0.2, 0.25) is 0 Å². The summed E-state index contributed by atoms with van der Waals surface area (Å²) in [6, 6.07) is 12.9. The number of nitrogens with zero attached hydrogens (tertiary/aromatic N) is 1. The van der Waals surface area contributed by atoms with Gasteiger partial charge in [-0.3, -0.25) is 14.5 Å². The van der Waals surface area contributed by atoms with Crippen molar-refractivity contribution in [3.05, 3.63) is 76.2 Å². The van der Waals surface area contributed by atoms with Gasteiger partial charge in [-0.15, -0.1) is 0 Å². The summed E-state index contributed by atoms with van der Waals surface area (Å²) < 4.78 is 0. The smallest absolute Gasteiger partial charge is 0.294 e. The Labute approximate surface area is 176 Å². The van der Waals surface area contributed by atoms with Crippen molar-refractivity contribution in [2.45, 2.75) is 40.7 Å². The number of rotatable bonds is 4. The molecule has 1 aliphatic heterocycles. The average Bonchev–Trinajstić information content (AvgIpc) is 3.16. The van der Waals surface area contributed by atoms with Crippen LogP contribution in [0.15, 0.2) is 53.8 Å². The molecule has 1 atom stereocenters. The molecule has 1 aromatic heterocycles. The average molecular weight is 402 g/mol. The maximum Gasteiger partial charge on any atom is 0.294 e. The fraction of sp³-hybridized carbons (Fsp3) is 0.280. The van der Waals surface area contributed by atoms with Gasteiger partial charge < -0.3 is 10.1 Å². The van der Waals surface area contributed by atoms with Crippen molar-refractivity contribution in [1.82, 2.24) is 4.98 Å². The van der Waals surface area contributed by atoms with Gasteiger partial charge in [0.15, 0.2) is 11.5 Å². The second-order valence-electron chi connectivity index (χ2n) is 8.34. The molecule has 2 heterocycles. The number of aromatic nitrogens is 1. The molecular formula is C25H26N2O3. The number of hydrogen-bond acceptors (Lipinski definition) is 3. The summed E-state index contributed by atoms with van der Waals surface area (Å²) in [5.74, 6) is -1.57. The first-order valence-electron chi connectivity index (χ1n) is 10.2. The van der Waals surface area contributed by atoms with E-state index in [4.69, 9.17) is 0 Å². The van der Waals surface area contributed by atoms with Crippen LogP contribution in [0.4, 0.5) is 5.69 Å². The molecule has 2 N–H and O–H groups in total. The van der Waals surface area contributed by atoms with E-state index in [0.29, 0.717) is 5.69 Å². The molecule has 2 aromatic carbocycles. The van der Waals surface area contributed by atoms with Gasteiger partial charge in [0.25, 0.3) is 5.91 Å². The molecule has 0 saturated carbocycles. The molecule has 0 saturated heterocycles. The number of H-pyrrole nitrogens is 1. The lowest BCUT2D eigenvalue weighted by molar-refractivity contribution is -0.119. The first-order valence-corrected chi connectivity index (χ1v) is 10.2. The summed E-state index contributed by atoms with van der Waals surface area (Å²) in [6.07, 6.45) is 0. The number of aliphatic hydroxyl groups is 1. The largest absolute Gasteiger partial charge is 0.503 e. The number of amides is 1. The zero-order valence-corrected chi connectivity index (χ0v) is 17.9. The van der Waals surface area contributed by atoms with E-state index in [1.54, 1.807) is 18.7 Å². The Morgan fingerprint density at radius 1 is 1.07 bits per heavy atom. The van der Waals surface area contributed by atoms with Gasteiger partial charge >= 0.3 is 0 Å². The number of nitrogens with one attached hydrogen (secondary N) is 1. The van der Waals surface area contributed by atoms with E-state index in [-0.39, 0.29) is 17.3 Å². The maximum absolute atomic E-state index is 13.2. The Hall–Kier alpha value is -3.34. The summed E-state index contributed by atoms with van der Waals surface area (Å²) in [4.78, 5) is 31.3. The number of carbonyl (C=O) groups excluding carboxylic acids is 2. The van der Waals surface area contributed by atoms with Gasteiger partial charge in [0, 0.05) is 33.8 Å². The van der Waals surface area contributed by atoms with Crippen molar-refractivity contribution in [1.29, 1.82) is 0 Å². The lowest BCUT2D eigenvalue weighted by atomic mass is 9.89. The number of hydrogen-bond donors (Lipinski definition) is 2. The van der Waals surface area contributed by atoms with Crippen LogP contribution in [-0.2, 0) is 9.59 Å². The monoisotopic (exact) mass is 402 g/mol. The third kappa shape index (κ3) is 2.93. The normalized spacial score (nSPS) is 16.9. The molecule has 0 fully saturated rings. The third-order valence-corrected chi connectivity index (χ3v) is 5.98. The van der Waals surface area contributed by atoms with E-state index in [0.717, 1.165) is 33.3 Å². The van der Waals surface area contributed by atoms with Crippen molar-refractivity contribution >= 4 is 28.3 Å². The minimum atomic E-state index is -0.689. The van der Waals surface area contributed by atoms with Crippen LogP contribution < -0.4 is 4.90 Å². The lowest BCUT2D eigenvalue weighted by Gasteiger charge is -2.28. The van der Waals surface area contributed by atoms with Crippen molar-refractivity contribution in [3.8, 4) is 0 Å². The predicted octanol–water partition coefficient (Wildman–Crippen LogP) is 5.22. The van der Waals surface area contributed by atoms with Crippen molar-refractivity contribution in [3.63, 3.8) is 0 Å². The highest BCUT2D eigenvalue weighted by molar-refractivity contribution is 6.17. The van der Waals surface area contributed by atoms with Crippen LogP contribution in [0.1, 0.15) is 42.3 Å². The molecule has 1 aliphatic rings. The second kappa shape index (κ2) is 7.17. The van der Waals surface area contributed by atoms with E-state index in [9.17, 15) is 14.7 Å². The molecule has 0 bridgehead atoms. The molecule has 1 unspecified atom stereocenters. The Kier molecular flexibility index (Phi) is 4.77. The number of carbonyl (C=O) groups is 2. The van der Waals surface area contributed by atoms with Crippen LogP contribution >= 0.6 is 0 Å². The number of aliphatic hydroxyl groups excluding tert-OH is 1. The summed E-state index contributed by atoms with van der Waals surface area (Å²) in [5, 5.41) is 11.8. The van der Waals surface area contributed by atoms with Gasteiger partial charge in [-0.25, -0.2) is 0 Å². The summed E-state index contributed by atoms with van der Waals surface area (Å²) >= 11 is 0. The van der Waals surface area contributed by atoms with Crippen LogP contribution in [-0.4, -0.2) is 21.8 Å².